The van der Waals surface area contributed by atoms with E-state index in [0.717, 1.165) is 20.6 Å². The average Bonchev–Trinajstić information content (AvgIpc) is 2.99. The highest BCUT2D eigenvalue weighted by Gasteiger charge is 2.26. The molecule has 0 bridgehead atoms. The van der Waals surface area contributed by atoms with Crippen molar-refractivity contribution in [2.24, 2.45) is 0 Å². The van der Waals surface area contributed by atoms with Crippen molar-refractivity contribution in [2.75, 3.05) is 0 Å². The Bertz CT molecular complexity index is 1720. The second-order valence-electron chi connectivity index (χ2n) is 9.61. The molecule has 0 saturated heterocycles. The minimum absolute atomic E-state index is 0.728. The number of rotatable bonds is 5. The van der Waals surface area contributed by atoms with Gasteiger partial charge in [-0.2, -0.15) is 0 Å². The summed E-state index contributed by atoms with van der Waals surface area (Å²) in [5, 5.41) is 0.728. The van der Waals surface area contributed by atoms with Crippen LogP contribution >= 0.6 is 27.5 Å². The van der Waals surface area contributed by atoms with E-state index in [4.69, 9.17) is 11.6 Å². The topological polar surface area (TPSA) is 0 Å². The van der Waals surface area contributed by atoms with Gasteiger partial charge in [-0.25, -0.2) is 0 Å². The maximum Gasteiger partial charge on any atom is 0.0406 e. The first-order chi connectivity index (χ1) is 19.1. The van der Waals surface area contributed by atoms with Crippen LogP contribution in [0.3, 0.4) is 0 Å². The molecule has 0 amide bonds. The molecular weight excluding hydrogens is 560 g/mol. The van der Waals surface area contributed by atoms with E-state index in [1.807, 2.05) is 12.1 Å². The summed E-state index contributed by atoms with van der Waals surface area (Å²) >= 11 is 10.0. The average molecular weight is 586 g/mol. The van der Waals surface area contributed by atoms with Crippen molar-refractivity contribution in [1.82, 2.24) is 0 Å². The van der Waals surface area contributed by atoms with Gasteiger partial charge in [0.15, 0.2) is 0 Å². The predicted octanol–water partition coefficient (Wildman–Crippen LogP) is 11.7. The fourth-order valence-electron chi connectivity index (χ4n) is 5.51. The fourth-order valence-corrected chi connectivity index (χ4v) is 5.90. The first-order valence-corrected chi connectivity index (χ1v) is 14.2. The molecule has 0 fully saturated rings. The van der Waals surface area contributed by atoms with Gasteiger partial charge in [0.1, 0.15) is 0 Å². The number of halogens is 2. The van der Waals surface area contributed by atoms with E-state index in [0.29, 0.717) is 0 Å². The molecule has 39 heavy (non-hydrogen) atoms. The molecular formula is C37H26BrCl. The van der Waals surface area contributed by atoms with Crippen molar-refractivity contribution in [3.63, 3.8) is 0 Å². The molecule has 6 aromatic rings. The van der Waals surface area contributed by atoms with Crippen molar-refractivity contribution in [3.8, 4) is 55.6 Å². The first kappa shape index (κ1) is 25.4. The molecule has 2 heteroatoms. The van der Waals surface area contributed by atoms with E-state index in [-0.39, 0.29) is 0 Å². The second kappa shape index (κ2) is 11.1. The standard InChI is InChI=1S/C37H26BrCl/c1-25-33(26-11-5-2-6-12-26)35(28-15-9-4-10-16-28)37(29-17-21-31(38)22-18-29)36(30-19-23-32(39)24-20-30)34(25)27-13-7-3-8-14-27/h2-24H,1H3. The first-order valence-electron chi connectivity index (χ1n) is 13.0. The van der Waals surface area contributed by atoms with Crippen molar-refractivity contribution < 1.29 is 0 Å². The Hall–Kier alpha value is -3.91. The van der Waals surface area contributed by atoms with Crippen LogP contribution in [0, 0.1) is 6.92 Å². The molecule has 0 aliphatic rings. The van der Waals surface area contributed by atoms with Gasteiger partial charge in [0.05, 0.1) is 0 Å². The number of benzene rings is 6. The van der Waals surface area contributed by atoms with Crippen LogP contribution in [0.15, 0.2) is 144 Å². The normalized spacial score (nSPS) is 10.9. The van der Waals surface area contributed by atoms with E-state index in [9.17, 15) is 0 Å². The molecule has 0 saturated carbocycles. The summed E-state index contributed by atoms with van der Waals surface area (Å²) in [6.07, 6.45) is 0. The minimum atomic E-state index is 0.728. The van der Waals surface area contributed by atoms with Gasteiger partial charge < -0.3 is 0 Å². The molecule has 0 atom stereocenters. The van der Waals surface area contributed by atoms with Crippen LogP contribution in [0.1, 0.15) is 5.56 Å². The molecule has 0 heterocycles. The molecule has 6 aromatic carbocycles. The Labute approximate surface area is 243 Å². The second-order valence-corrected chi connectivity index (χ2v) is 11.0. The summed E-state index contributed by atoms with van der Waals surface area (Å²) in [6.45, 7) is 2.27. The molecule has 0 aliphatic carbocycles. The van der Waals surface area contributed by atoms with Gasteiger partial charge in [-0.1, -0.05) is 143 Å². The van der Waals surface area contributed by atoms with Crippen LogP contribution in [0.2, 0.25) is 5.02 Å². The van der Waals surface area contributed by atoms with E-state index in [2.05, 4.69) is 150 Å². The maximum absolute atomic E-state index is 6.39. The third kappa shape index (κ3) is 4.96. The maximum atomic E-state index is 6.39. The lowest BCUT2D eigenvalue weighted by molar-refractivity contribution is 1.43. The van der Waals surface area contributed by atoms with E-state index in [1.165, 1.54) is 50.1 Å². The van der Waals surface area contributed by atoms with Gasteiger partial charge in [0, 0.05) is 9.50 Å². The van der Waals surface area contributed by atoms with E-state index < -0.39 is 0 Å². The SMILES string of the molecule is Cc1c(-c2ccccc2)c(-c2ccccc2)c(-c2ccc(Br)cc2)c(-c2ccc(Cl)cc2)c1-c1ccccc1. The highest BCUT2D eigenvalue weighted by molar-refractivity contribution is 9.10. The Morgan fingerprint density at radius 3 is 1.10 bits per heavy atom. The minimum Gasteiger partial charge on any atom is -0.0843 e. The van der Waals surface area contributed by atoms with Crippen LogP contribution in [0.5, 0.6) is 0 Å². The largest absolute Gasteiger partial charge is 0.0843 e. The van der Waals surface area contributed by atoms with Gasteiger partial charge in [0.25, 0.3) is 0 Å². The molecule has 0 spiro atoms. The summed E-state index contributed by atoms with van der Waals surface area (Å²) in [6, 6.07) is 49.2. The summed E-state index contributed by atoms with van der Waals surface area (Å²) < 4.78 is 1.05. The lowest BCUT2D eigenvalue weighted by Gasteiger charge is -2.27. The van der Waals surface area contributed by atoms with Crippen molar-refractivity contribution in [1.29, 1.82) is 0 Å². The molecule has 6 rings (SSSR count). The van der Waals surface area contributed by atoms with Gasteiger partial charge in [-0.05, 0) is 92.4 Å². The molecule has 0 radical (unpaired) electrons. The Balaban J connectivity index is 1.88. The predicted molar refractivity (Wildman–Crippen MR) is 171 cm³/mol. The van der Waals surface area contributed by atoms with Gasteiger partial charge >= 0.3 is 0 Å². The Morgan fingerprint density at radius 2 is 0.692 bits per heavy atom. The van der Waals surface area contributed by atoms with Crippen molar-refractivity contribution in [3.05, 3.63) is 155 Å². The zero-order valence-corrected chi connectivity index (χ0v) is 23.9. The molecule has 0 nitrogen and oxygen atoms in total. The quantitative estimate of drug-likeness (QED) is 0.189. The van der Waals surface area contributed by atoms with E-state index >= 15 is 0 Å². The van der Waals surface area contributed by atoms with Gasteiger partial charge in [-0.3, -0.25) is 0 Å². The number of hydrogen-bond donors (Lipinski definition) is 0. The fraction of sp³-hybridized carbons (Fsp3) is 0.0270. The van der Waals surface area contributed by atoms with Gasteiger partial charge in [-0.15, -0.1) is 0 Å². The van der Waals surface area contributed by atoms with Crippen molar-refractivity contribution in [2.45, 2.75) is 6.92 Å². The smallest absolute Gasteiger partial charge is 0.0406 e. The monoisotopic (exact) mass is 584 g/mol. The summed E-state index contributed by atoms with van der Waals surface area (Å²) in [5.41, 5.74) is 13.2. The van der Waals surface area contributed by atoms with Crippen LogP contribution < -0.4 is 0 Å². The van der Waals surface area contributed by atoms with Crippen LogP contribution in [0.25, 0.3) is 55.6 Å². The van der Waals surface area contributed by atoms with E-state index in [1.54, 1.807) is 0 Å². The Kier molecular flexibility index (Phi) is 7.20. The van der Waals surface area contributed by atoms with Crippen LogP contribution in [0.4, 0.5) is 0 Å². The highest BCUT2D eigenvalue weighted by Crippen LogP contribution is 2.52. The Morgan fingerprint density at radius 1 is 0.385 bits per heavy atom. The zero-order valence-electron chi connectivity index (χ0n) is 21.5. The summed E-state index contributed by atoms with van der Waals surface area (Å²) in [7, 11) is 0. The zero-order chi connectivity index (χ0) is 26.8. The van der Waals surface area contributed by atoms with Crippen molar-refractivity contribution >= 4 is 27.5 Å². The molecule has 0 unspecified atom stereocenters. The summed E-state index contributed by atoms with van der Waals surface area (Å²) in [4.78, 5) is 0. The third-order valence-electron chi connectivity index (χ3n) is 7.20. The van der Waals surface area contributed by atoms with Gasteiger partial charge in [0.2, 0.25) is 0 Å². The molecule has 188 valence electrons. The van der Waals surface area contributed by atoms with Crippen LogP contribution in [-0.2, 0) is 0 Å². The highest BCUT2D eigenvalue weighted by atomic mass is 79.9. The number of hydrogen-bond acceptors (Lipinski definition) is 0. The summed E-state index contributed by atoms with van der Waals surface area (Å²) in [5.74, 6) is 0. The molecule has 0 N–H and O–H groups in total. The lowest BCUT2D eigenvalue weighted by atomic mass is 9.76. The third-order valence-corrected chi connectivity index (χ3v) is 7.98. The van der Waals surface area contributed by atoms with Crippen LogP contribution in [-0.4, -0.2) is 0 Å². The molecule has 0 aromatic heterocycles. The lowest BCUT2D eigenvalue weighted by Crippen LogP contribution is -2.01. The molecule has 0 aliphatic heterocycles.